The van der Waals surface area contributed by atoms with E-state index in [1.165, 1.54) is 0 Å². The number of amidine groups is 1. The van der Waals surface area contributed by atoms with Gasteiger partial charge in [0.2, 0.25) is 5.91 Å². The second-order valence-corrected chi connectivity index (χ2v) is 5.73. The Hall–Kier alpha value is -2.55. The summed E-state index contributed by atoms with van der Waals surface area (Å²) in [4.78, 5) is 31.3. The maximum atomic E-state index is 12.1. The highest BCUT2D eigenvalue weighted by molar-refractivity contribution is 8.15. The first kappa shape index (κ1) is 16.8. The van der Waals surface area contributed by atoms with E-state index < -0.39 is 11.2 Å². The van der Waals surface area contributed by atoms with Crippen molar-refractivity contribution < 1.29 is 14.3 Å². The number of ether oxygens (including phenoxy) is 1. The van der Waals surface area contributed by atoms with E-state index in [0.29, 0.717) is 18.0 Å². The van der Waals surface area contributed by atoms with Gasteiger partial charge in [-0.15, -0.1) is 0 Å². The standard InChI is InChI=1S/C14H17N5O3S/c1-2-22-9-6-4-3-5-8(9)17-11(20)7-10-12(21)18-14(23-10)19-13(15)16/h3-6,10H,2,7H2,1H3,(H,17,20)(H4,15,16,18,19,21)/t10-/m1/s1. The summed E-state index contributed by atoms with van der Waals surface area (Å²) in [5, 5.41) is 2.27. The molecule has 8 nitrogen and oxygen atoms in total. The minimum Gasteiger partial charge on any atom is -0.492 e. The molecule has 1 aliphatic rings. The smallest absolute Gasteiger partial charge is 0.262 e. The predicted molar refractivity (Wildman–Crippen MR) is 90.5 cm³/mol. The number of para-hydroxylation sites is 2. The number of nitrogens with one attached hydrogen (secondary N) is 1. The monoisotopic (exact) mass is 335 g/mol. The highest BCUT2D eigenvalue weighted by Gasteiger charge is 2.30. The Bertz CT molecular complexity index is 670. The van der Waals surface area contributed by atoms with Crippen molar-refractivity contribution in [1.82, 2.24) is 0 Å². The second-order valence-electron chi connectivity index (χ2n) is 4.56. The summed E-state index contributed by atoms with van der Waals surface area (Å²) >= 11 is 1.06. The van der Waals surface area contributed by atoms with E-state index in [4.69, 9.17) is 16.2 Å². The summed E-state index contributed by atoms with van der Waals surface area (Å²) in [5.41, 5.74) is 11.0. The number of anilines is 1. The van der Waals surface area contributed by atoms with Crippen LogP contribution in [-0.2, 0) is 9.59 Å². The molecule has 0 radical (unpaired) electrons. The Morgan fingerprint density at radius 1 is 1.43 bits per heavy atom. The molecule has 0 fully saturated rings. The molecule has 1 aromatic rings. The first-order valence-electron chi connectivity index (χ1n) is 6.90. The zero-order chi connectivity index (χ0) is 16.8. The van der Waals surface area contributed by atoms with Crippen LogP contribution in [0.4, 0.5) is 5.69 Å². The molecule has 0 bridgehead atoms. The molecule has 0 saturated heterocycles. The third-order valence-corrected chi connectivity index (χ3v) is 3.83. The highest BCUT2D eigenvalue weighted by atomic mass is 32.2. The largest absolute Gasteiger partial charge is 0.492 e. The number of rotatable bonds is 5. The molecule has 0 aliphatic carbocycles. The Labute approximate surface area is 137 Å². The topological polar surface area (TPSA) is 132 Å². The fraction of sp³-hybridized carbons (Fsp3) is 0.286. The normalized spacial score (nSPS) is 16.7. The van der Waals surface area contributed by atoms with Crippen LogP contribution in [0.5, 0.6) is 5.75 Å². The van der Waals surface area contributed by atoms with Gasteiger partial charge in [0, 0.05) is 6.42 Å². The molecule has 1 heterocycles. The van der Waals surface area contributed by atoms with Crippen LogP contribution in [0.15, 0.2) is 34.3 Å². The summed E-state index contributed by atoms with van der Waals surface area (Å²) in [6.07, 6.45) is -0.0308. The molecule has 9 heteroatoms. The van der Waals surface area contributed by atoms with Gasteiger partial charge in [0.25, 0.3) is 5.91 Å². The molecule has 122 valence electrons. The van der Waals surface area contributed by atoms with Gasteiger partial charge in [-0.1, -0.05) is 23.9 Å². The van der Waals surface area contributed by atoms with Crippen LogP contribution < -0.4 is 21.5 Å². The number of hydrogen-bond acceptors (Lipinski definition) is 5. The Morgan fingerprint density at radius 3 is 2.87 bits per heavy atom. The lowest BCUT2D eigenvalue weighted by Crippen LogP contribution is -2.23. The van der Waals surface area contributed by atoms with Crippen molar-refractivity contribution in [2.24, 2.45) is 21.5 Å². The maximum absolute atomic E-state index is 12.1. The van der Waals surface area contributed by atoms with Gasteiger partial charge in [0.05, 0.1) is 12.3 Å². The van der Waals surface area contributed by atoms with Crippen LogP contribution in [0, 0.1) is 0 Å². The molecule has 1 aromatic carbocycles. The molecule has 1 aliphatic heterocycles. The first-order chi connectivity index (χ1) is 11.0. The van der Waals surface area contributed by atoms with Crippen molar-refractivity contribution in [3.8, 4) is 5.75 Å². The molecular formula is C14H17N5O3S. The minimum atomic E-state index is -0.632. The van der Waals surface area contributed by atoms with Crippen molar-refractivity contribution in [1.29, 1.82) is 0 Å². The molecule has 0 aromatic heterocycles. The number of benzene rings is 1. The fourth-order valence-corrected chi connectivity index (χ4v) is 2.83. The molecule has 0 unspecified atom stereocenters. The Kier molecular flexibility index (Phi) is 5.58. The average Bonchev–Trinajstić information content (AvgIpc) is 2.80. The lowest BCUT2D eigenvalue weighted by Gasteiger charge is -2.12. The van der Waals surface area contributed by atoms with Crippen LogP contribution in [0.2, 0.25) is 0 Å². The van der Waals surface area contributed by atoms with Crippen molar-refractivity contribution >= 4 is 40.4 Å². The van der Waals surface area contributed by atoms with Gasteiger partial charge in [0.15, 0.2) is 11.1 Å². The van der Waals surface area contributed by atoms with Gasteiger partial charge < -0.3 is 21.5 Å². The molecule has 5 N–H and O–H groups in total. The summed E-state index contributed by atoms with van der Waals surface area (Å²) in [7, 11) is 0. The molecule has 23 heavy (non-hydrogen) atoms. The summed E-state index contributed by atoms with van der Waals surface area (Å²) in [6.45, 7) is 2.34. The third kappa shape index (κ3) is 4.71. The van der Waals surface area contributed by atoms with Crippen LogP contribution in [0.25, 0.3) is 0 Å². The summed E-state index contributed by atoms with van der Waals surface area (Å²) < 4.78 is 5.43. The predicted octanol–water partition coefficient (Wildman–Crippen LogP) is 0.685. The van der Waals surface area contributed by atoms with Crippen molar-refractivity contribution in [2.45, 2.75) is 18.6 Å². The zero-order valence-electron chi connectivity index (χ0n) is 12.5. The molecule has 1 atom stereocenters. The van der Waals surface area contributed by atoms with Gasteiger partial charge in [-0.3, -0.25) is 9.59 Å². The molecule has 2 amide bonds. The number of amides is 2. The van der Waals surface area contributed by atoms with Gasteiger partial charge in [-0.05, 0) is 19.1 Å². The minimum absolute atomic E-state index is 0.0308. The molecule has 0 spiro atoms. The fourth-order valence-electron chi connectivity index (χ4n) is 1.88. The van der Waals surface area contributed by atoms with E-state index in [9.17, 15) is 9.59 Å². The number of hydrogen-bond donors (Lipinski definition) is 3. The number of guanidine groups is 1. The van der Waals surface area contributed by atoms with E-state index in [1.807, 2.05) is 13.0 Å². The molecular weight excluding hydrogens is 318 g/mol. The highest BCUT2D eigenvalue weighted by Crippen LogP contribution is 2.28. The van der Waals surface area contributed by atoms with Crippen LogP contribution in [0.1, 0.15) is 13.3 Å². The van der Waals surface area contributed by atoms with Crippen LogP contribution in [0.3, 0.4) is 0 Å². The SMILES string of the molecule is CCOc1ccccc1NC(=O)C[C@H]1SC(N=C(N)N)=NC1=O. The maximum Gasteiger partial charge on any atom is 0.262 e. The average molecular weight is 335 g/mol. The molecule has 0 saturated carbocycles. The number of aliphatic imine (C=N–C) groups is 2. The quantitative estimate of drug-likeness (QED) is 0.535. The summed E-state index contributed by atoms with van der Waals surface area (Å²) in [6, 6.07) is 7.09. The molecule has 2 rings (SSSR count). The lowest BCUT2D eigenvalue weighted by atomic mass is 10.2. The number of nitrogens with two attached hydrogens (primary N) is 2. The number of carbonyl (C=O) groups is 2. The number of nitrogens with zero attached hydrogens (tertiary/aromatic N) is 2. The van der Waals surface area contributed by atoms with Gasteiger partial charge in [-0.25, -0.2) is 0 Å². The van der Waals surface area contributed by atoms with Crippen LogP contribution >= 0.6 is 11.8 Å². The first-order valence-corrected chi connectivity index (χ1v) is 7.78. The van der Waals surface area contributed by atoms with E-state index in [2.05, 4.69) is 15.3 Å². The van der Waals surface area contributed by atoms with E-state index >= 15 is 0 Å². The van der Waals surface area contributed by atoms with Crippen molar-refractivity contribution in [3.05, 3.63) is 24.3 Å². The van der Waals surface area contributed by atoms with E-state index in [0.717, 1.165) is 11.8 Å². The second kappa shape index (κ2) is 7.63. The lowest BCUT2D eigenvalue weighted by molar-refractivity contribution is -0.121. The van der Waals surface area contributed by atoms with Crippen LogP contribution in [-0.4, -0.2) is 34.8 Å². The van der Waals surface area contributed by atoms with Gasteiger partial charge in [-0.2, -0.15) is 9.98 Å². The van der Waals surface area contributed by atoms with E-state index in [1.54, 1.807) is 18.2 Å². The van der Waals surface area contributed by atoms with Gasteiger partial charge in [0.1, 0.15) is 11.0 Å². The van der Waals surface area contributed by atoms with Crippen molar-refractivity contribution in [2.75, 3.05) is 11.9 Å². The number of carbonyl (C=O) groups excluding carboxylic acids is 2. The third-order valence-electron chi connectivity index (χ3n) is 2.79. The van der Waals surface area contributed by atoms with E-state index in [-0.39, 0.29) is 23.5 Å². The Balaban J connectivity index is 1.96. The Morgan fingerprint density at radius 2 is 2.17 bits per heavy atom. The summed E-state index contributed by atoms with van der Waals surface area (Å²) in [5.74, 6) is -0.349. The number of thioether (sulfide) groups is 1. The van der Waals surface area contributed by atoms with Gasteiger partial charge >= 0.3 is 0 Å². The zero-order valence-corrected chi connectivity index (χ0v) is 13.3. The van der Waals surface area contributed by atoms with Crippen molar-refractivity contribution in [3.63, 3.8) is 0 Å².